The van der Waals surface area contributed by atoms with Crippen molar-refractivity contribution in [1.29, 1.82) is 0 Å². The average Bonchev–Trinajstić information content (AvgIpc) is 2.83. The highest BCUT2D eigenvalue weighted by atomic mass is 19.4. The van der Waals surface area contributed by atoms with Gasteiger partial charge in [-0.15, -0.1) is 0 Å². The van der Waals surface area contributed by atoms with Gasteiger partial charge in [-0.25, -0.2) is 0 Å². The molecule has 0 aliphatic carbocycles. The fourth-order valence-electron chi connectivity index (χ4n) is 4.10. The highest BCUT2D eigenvalue weighted by Gasteiger charge is 2.41. The van der Waals surface area contributed by atoms with Crippen molar-refractivity contribution in [2.75, 3.05) is 13.1 Å². The van der Waals surface area contributed by atoms with Crippen LogP contribution in [0, 0.1) is 11.3 Å². The number of benzene rings is 1. The Labute approximate surface area is 218 Å². The number of nitrogens with two attached hydrogens (primary N) is 2. The van der Waals surface area contributed by atoms with Gasteiger partial charge in [0.25, 0.3) is 11.7 Å². The number of carbonyl (C=O) groups excluding carboxylic acids is 3. The minimum atomic E-state index is -5.19. The lowest BCUT2D eigenvalue weighted by atomic mass is 9.79. The first kappa shape index (κ1) is 32.4. The summed E-state index contributed by atoms with van der Waals surface area (Å²) in [4.78, 5) is 47.7. The molecule has 0 radical (unpaired) electrons. The SMILES string of the molecule is CCCC(NC(=O)c1ccc(C(N)=[NH2+])cc1)C(C)(C)C(=O)N1CCC(CC(=O)O)CC1.O=C([O-])C(F)(F)F. The van der Waals surface area contributed by atoms with Gasteiger partial charge >= 0.3 is 12.1 Å². The molecule has 1 fully saturated rings. The fourth-order valence-corrected chi connectivity index (χ4v) is 4.10. The fraction of sp³-hybridized carbons (Fsp3) is 0.560. The summed E-state index contributed by atoms with van der Waals surface area (Å²) in [7, 11) is 0. The zero-order valence-corrected chi connectivity index (χ0v) is 21.6. The largest absolute Gasteiger partial charge is 0.542 e. The number of rotatable bonds is 9. The van der Waals surface area contributed by atoms with Gasteiger partial charge in [0.2, 0.25) is 5.91 Å². The zero-order chi connectivity index (χ0) is 29.3. The molecule has 10 nitrogen and oxygen atoms in total. The van der Waals surface area contributed by atoms with E-state index in [9.17, 15) is 27.6 Å². The number of alkyl halides is 3. The molecule has 6 N–H and O–H groups in total. The monoisotopic (exact) mass is 544 g/mol. The van der Waals surface area contributed by atoms with Gasteiger partial charge in [-0.05, 0) is 63.3 Å². The molecular weight excluding hydrogens is 509 g/mol. The van der Waals surface area contributed by atoms with Gasteiger partial charge in [-0.2, -0.15) is 13.2 Å². The summed E-state index contributed by atoms with van der Waals surface area (Å²) in [5.41, 5.74) is 5.92. The van der Waals surface area contributed by atoms with Crippen molar-refractivity contribution < 1.29 is 48.0 Å². The quantitative estimate of drug-likeness (QED) is 0.251. The van der Waals surface area contributed by atoms with Crippen molar-refractivity contribution in [3.8, 4) is 0 Å². The second kappa shape index (κ2) is 13.8. The molecule has 0 bridgehead atoms. The Bertz CT molecular complexity index is 1000. The maximum Gasteiger partial charge on any atom is 0.430 e. The van der Waals surface area contributed by atoms with Gasteiger partial charge in [0.15, 0.2) is 0 Å². The number of carboxylic acid groups (broad SMARTS) is 2. The van der Waals surface area contributed by atoms with E-state index in [0.29, 0.717) is 43.5 Å². The number of nitrogens with one attached hydrogen (secondary N) is 1. The van der Waals surface area contributed by atoms with Gasteiger partial charge in [0.1, 0.15) is 5.97 Å². The summed E-state index contributed by atoms with van der Waals surface area (Å²) in [6.07, 6.45) is -2.19. The topological polar surface area (TPSA) is 178 Å². The Kier molecular flexibility index (Phi) is 11.7. The normalized spacial score (nSPS) is 15.1. The van der Waals surface area contributed by atoms with Crippen LogP contribution in [0.2, 0.25) is 0 Å². The number of likely N-dealkylation sites (tertiary alicyclic amines) is 1. The summed E-state index contributed by atoms with van der Waals surface area (Å²) in [5, 5.41) is 26.4. The molecule has 1 unspecified atom stereocenters. The summed E-state index contributed by atoms with van der Waals surface area (Å²) in [5.74, 6) is -3.76. The predicted molar refractivity (Wildman–Crippen MR) is 129 cm³/mol. The van der Waals surface area contributed by atoms with Crippen molar-refractivity contribution in [2.24, 2.45) is 17.1 Å². The Morgan fingerprint density at radius 1 is 1.13 bits per heavy atom. The number of halogens is 3. The third-order valence-electron chi connectivity index (χ3n) is 6.38. The average molecular weight is 545 g/mol. The number of aliphatic carboxylic acids is 2. The molecule has 1 aromatic rings. The van der Waals surface area contributed by atoms with Crippen LogP contribution in [-0.2, 0) is 14.4 Å². The Morgan fingerprint density at radius 3 is 2.00 bits per heavy atom. The second-order valence-corrected chi connectivity index (χ2v) is 9.69. The van der Waals surface area contributed by atoms with Gasteiger partial charge in [0.05, 0.1) is 11.0 Å². The molecule has 1 aliphatic heterocycles. The zero-order valence-electron chi connectivity index (χ0n) is 21.6. The summed E-state index contributed by atoms with van der Waals surface area (Å²) in [6.45, 7) is 6.85. The molecule has 212 valence electrons. The van der Waals surface area contributed by atoms with Crippen LogP contribution in [0.25, 0.3) is 0 Å². The Hall–Kier alpha value is -3.64. The van der Waals surface area contributed by atoms with Gasteiger partial charge in [-0.1, -0.05) is 13.3 Å². The Morgan fingerprint density at radius 2 is 1.61 bits per heavy atom. The van der Waals surface area contributed by atoms with Crippen molar-refractivity contribution in [1.82, 2.24) is 10.2 Å². The first-order chi connectivity index (χ1) is 17.5. The highest BCUT2D eigenvalue weighted by molar-refractivity contribution is 5.97. The number of amidine groups is 1. The van der Waals surface area contributed by atoms with Crippen LogP contribution in [0.3, 0.4) is 0 Å². The smallest absolute Gasteiger partial charge is 0.430 e. The predicted octanol–water partition coefficient (Wildman–Crippen LogP) is 0.0876. The number of hydrogen-bond donors (Lipinski definition) is 4. The van der Waals surface area contributed by atoms with Crippen LogP contribution in [-0.4, -0.2) is 64.9 Å². The van der Waals surface area contributed by atoms with Crippen molar-refractivity contribution >= 4 is 29.6 Å². The number of hydrogen-bond acceptors (Lipinski definition) is 5. The number of amides is 2. The molecule has 0 spiro atoms. The highest BCUT2D eigenvalue weighted by Crippen LogP contribution is 2.30. The third-order valence-corrected chi connectivity index (χ3v) is 6.38. The first-order valence-electron chi connectivity index (χ1n) is 12.1. The van der Waals surface area contributed by atoms with Crippen LogP contribution >= 0.6 is 0 Å². The van der Waals surface area contributed by atoms with Crippen molar-refractivity contribution in [3.05, 3.63) is 35.4 Å². The number of carboxylic acids is 2. The molecule has 1 atom stereocenters. The van der Waals surface area contributed by atoms with E-state index in [0.717, 1.165) is 6.42 Å². The van der Waals surface area contributed by atoms with E-state index in [4.69, 9.17) is 26.2 Å². The van der Waals surface area contributed by atoms with Crippen LogP contribution in [0.1, 0.15) is 68.8 Å². The van der Waals surface area contributed by atoms with Crippen LogP contribution < -0.4 is 21.6 Å². The van der Waals surface area contributed by atoms with Crippen molar-refractivity contribution in [2.45, 2.75) is 65.1 Å². The molecular formula is C25H35F3N4O6. The molecule has 0 aromatic heterocycles. The summed E-state index contributed by atoms with van der Waals surface area (Å²) < 4.78 is 31.5. The second-order valence-electron chi connectivity index (χ2n) is 9.69. The van der Waals surface area contributed by atoms with Crippen LogP contribution in [0.5, 0.6) is 0 Å². The number of carbonyl (C=O) groups is 4. The van der Waals surface area contributed by atoms with Gasteiger partial charge in [0, 0.05) is 31.1 Å². The minimum Gasteiger partial charge on any atom is -0.542 e. The molecule has 1 heterocycles. The Balaban J connectivity index is 0.000000905. The number of nitrogens with zero attached hydrogens (tertiary/aromatic N) is 1. The van der Waals surface area contributed by atoms with Crippen LogP contribution in [0.15, 0.2) is 24.3 Å². The van der Waals surface area contributed by atoms with E-state index < -0.39 is 23.5 Å². The molecule has 2 rings (SSSR count). The lowest BCUT2D eigenvalue weighted by Crippen LogP contribution is -2.55. The van der Waals surface area contributed by atoms with Gasteiger partial charge in [-0.3, -0.25) is 25.5 Å². The third kappa shape index (κ3) is 9.67. The number of piperidine rings is 1. The molecule has 1 saturated heterocycles. The van der Waals surface area contributed by atoms with E-state index in [1.807, 2.05) is 25.7 Å². The lowest BCUT2D eigenvalue weighted by molar-refractivity contribution is -0.344. The van der Waals surface area contributed by atoms with Crippen LogP contribution in [0.4, 0.5) is 13.2 Å². The van der Waals surface area contributed by atoms with Gasteiger partial charge < -0.3 is 25.2 Å². The van der Waals surface area contributed by atoms with E-state index in [1.165, 1.54) is 0 Å². The summed E-state index contributed by atoms with van der Waals surface area (Å²) in [6, 6.07) is 6.37. The minimum absolute atomic E-state index is 0.0131. The maximum absolute atomic E-state index is 13.3. The molecule has 38 heavy (non-hydrogen) atoms. The van der Waals surface area contributed by atoms with E-state index >= 15 is 0 Å². The molecule has 1 aliphatic rings. The molecule has 2 amide bonds. The molecule has 1 aromatic carbocycles. The van der Waals surface area contributed by atoms with E-state index in [2.05, 4.69) is 5.32 Å². The summed E-state index contributed by atoms with van der Waals surface area (Å²) >= 11 is 0. The van der Waals surface area contributed by atoms with E-state index in [1.54, 1.807) is 24.3 Å². The molecule has 13 heteroatoms. The first-order valence-corrected chi connectivity index (χ1v) is 12.1. The standard InChI is InChI=1S/C23H34N4O4.C2HF3O2/c1-4-5-18(26-21(30)17-8-6-16(7-9-17)20(24)25)23(2,3)22(31)27-12-10-15(11-13-27)14-19(28)29;3-2(4,5)1(6)7/h6-9,15,18H,4-5,10-14H2,1-3H3,(H3,24,25)(H,26,30)(H,28,29);(H,6,7). The van der Waals surface area contributed by atoms with E-state index in [-0.39, 0.29) is 36.0 Å². The molecule has 0 saturated carbocycles. The maximum atomic E-state index is 13.3. The lowest BCUT2D eigenvalue weighted by Gasteiger charge is -2.40. The van der Waals surface area contributed by atoms with Crippen molar-refractivity contribution in [3.63, 3.8) is 0 Å².